The first-order valence-corrected chi connectivity index (χ1v) is 6.62. The van der Waals surface area contributed by atoms with Gasteiger partial charge >= 0.3 is 5.97 Å². The third-order valence-electron chi connectivity index (χ3n) is 4.25. The summed E-state index contributed by atoms with van der Waals surface area (Å²) in [5.41, 5.74) is 0. The summed E-state index contributed by atoms with van der Waals surface area (Å²) in [6.45, 7) is 0. The van der Waals surface area contributed by atoms with Crippen molar-refractivity contribution in [2.75, 3.05) is 0 Å². The Morgan fingerprint density at radius 1 is 1.25 bits per heavy atom. The first kappa shape index (κ1) is 11.7. The molecule has 2 fully saturated rings. The Morgan fingerprint density at radius 2 is 2.12 bits per heavy atom. The number of carboxylic acids is 1. The third-order valence-corrected chi connectivity index (χ3v) is 4.25. The lowest BCUT2D eigenvalue weighted by atomic mass is 9.86. The second-order valence-electron chi connectivity index (χ2n) is 5.43. The first-order valence-electron chi connectivity index (χ1n) is 6.62. The van der Waals surface area contributed by atoms with Gasteiger partial charge < -0.3 is 5.11 Å². The molecule has 90 valence electrons. The van der Waals surface area contributed by atoms with Crippen LogP contribution >= 0.6 is 0 Å². The molecule has 2 aliphatic carbocycles. The molecule has 2 aliphatic rings. The minimum Gasteiger partial charge on any atom is -0.481 e. The van der Waals surface area contributed by atoms with E-state index in [0.717, 1.165) is 30.6 Å². The highest BCUT2D eigenvalue weighted by Gasteiger charge is 2.38. The first-order chi connectivity index (χ1) is 7.75. The van der Waals surface area contributed by atoms with E-state index in [-0.39, 0.29) is 0 Å². The number of aliphatic carboxylic acids is 1. The standard InChI is InChI=1S/C14H22O2/c15-14(16)6-4-2-1-3-5-12-9-11-7-8-13(12)10-11/h1,3,11-13H,2,4-10H2,(H,15,16)/b3-1-/t11-,12-,13-/m1/s1. The van der Waals surface area contributed by atoms with E-state index < -0.39 is 5.97 Å². The van der Waals surface area contributed by atoms with E-state index >= 15 is 0 Å². The summed E-state index contributed by atoms with van der Waals surface area (Å²) in [4.78, 5) is 10.3. The van der Waals surface area contributed by atoms with Crippen molar-refractivity contribution >= 4 is 5.97 Å². The predicted molar refractivity (Wildman–Crippen MR) is 64.2 cm³/mol. The molecule has 0 saturated heterocycles. The van der Waals surface area contributed by atoms with Crippen LogP contribution in [-0.4, -0.2) is 11.1 Å². The van der Waals surface area contributed by atoms with Crippen molar-refractivity contribution in [1.82, 2.24) is 0 Å². The Kier molecular flexibility index (Phi) is 4.03. The summed E-state index contributed by atoms with van der Waals surface area (Å²) >= 11 is 0. The topological polar surface area (TPSA) is 37.3 Å². The second-order valence-corrected chi connectivity index (χ2v) is 5.43. The summed E-state index contributed by atoms with van der Waals surface area (Å²) in [5.74, 6) is 2.31. The smallest absolute Gasteiger partial charge is 0.303 e. The molecule has 0 heterocycles. The van der Waals surface area contributed by atoms with Crippen molar-refractivity contribution < 1.29 is 9.90 Å². The van der Waals surface area contributed by atoms with Gasteiger partial charge in [0.15, 0.2) is 0 Å². The fourth-order valence-corrected chi connectivity index (χ4v) is 3.43. The molecule has 2 heteroatoms. The van der Waals surface area contributed by atoms with Crippen molar-refractivity contribution in [2.45, 2.75) is 51.4 Å². The van der Waals surface area contributed by atoms with Gasteiger partial charge in [-0.2, -0.15) is 0 Å². The Bertz CT molecular complexity index is 270. The Hall–Kier alpha value is -0.790. The lowest BCUT2D eigenvalue weighted by molar-refractivity contribution is -0.137. The van der Waals surface area contributed by atoms with Gasteiger partial charge in [-0.05, 0) is 56.3 Å². The van der Waals surface area contributed by atoms with E-state index in [1.165, 1.54) is 32.1 Å². The van der Waals surface area contributed by atoms with Crippen molar-refractivity contribution in [3.63, 3.8) is 0 Å². The summed E-state index contributed by atoms with van der Waals surface area (Å²) in [5, 5.41) is 8.49. The van der Waals surface area contributed by atoms with Gasteiger partial charge in [-0.15, -0.1) is 0 Å². The van der Waals surface area contributed by atoms with Gasteiger partial charge in [0.25, 0.3) is 0 Å². The third kappa shape index (κ3) is 3.10. The van der Waals surface area contributed by atoms with Crippen molar-refractivity contribution in [3.8, 4) is 0 Å². The van der Waals surface area contributed by atoms with Crippen LogP contribution in [0, 0.1) is 17.8 Å². The highest BCUT2D eigenvalue weighted by atomic mass is 16.4. The van der Waals surface area contributed by atoms with Crippen LogP contribution in [-0.2, 0) is 4.79 Å². The molecule has 0 aromatic rings. The number of unbranched alkanes of at least 4 members (excludes halogenated alkanes) is 1. The average molecular weight is 222 g/mol. The van der Waals surface area contributed by atoms with Gasteiger partial charge in [0, 0.05) is 6.42 Å². The fraction of sp³-hybridized carbons (Fsp3) is 0.786. The molecule has 0 aromatic heterocycles. The average Bonchev–Trinajstić information content (AvgIpc) is 2.84. The van der Waals surface area contributed by atoms with E-state index in [1.54, 1.807) is 0 Å². The Balaban J connectivity index is 1.57. The lowest BCUT2D eigenvalue weighted by Gasteiger charge is -2.19. The quantitative estimate of drug-likeness (QED) is 0.550. The van der Waals surface area contributed by atoms with E-state index in [1.807, 2.05) is 0 Å². The summed E-state index contributed by atoms with van der Waals surface area (Å²) < 4.78 is 0. The summed E-state index contributed by atoms with van der Waals surface area (Å²) in [6, 6.07) is 0. The maximum atomic E-state index is 10.3. The maximum Gasteiger partial charge on any atom is 0.303 e. The second kappa shape index (κ2) is 5.51. The molecule has 2 bridgehead atoms. The highest BCUT2D eigenvalue weighted by molar-refractivity contribution is 5.66. The van der Waals surface area contributed by atoms with Crippen LogP contribution in [0.1, 0.15) is 51.4 Å². The van der Waals surface area contributed by atoms with Crippen LogP contribution in [0.4, 0.5) is 0 Å². The van der Waals surface area contributed by atoms with Crippen LogP contribution in [0.5, 0.6) is 0 Å². The van der Waals surface area contributed by atoms with Gasteiger partial charge in [0.1, 0.15) is 0 Å². The van der Waals surface area contributed by atoms with Crippen LogP contribution in [0.3, 0.4) is 0 Å². The van der Waals surface area contributed by atoms with Gasteiger partial charge in [-0.3, -0.25) is 4.79 Å². The summed E-state index contributed by atoms with van der Waals surface area (Å²) in [6.07, 6.45) is 13.6. The molecule has 2 nitrogen and oxygen atoms in total. The molecule has 1 N–H and O–H groups in total. The Labute approximate surface area is 97.7 Å². The van der Waals surface area contributed by atoms with Crippen molar-refractivity contribution in [2.24, 2.45) is 17.8 Å². The normalized spacial score (nSPS) is 32.6. The Morgan fingerprint density at radius 3 is 2.75 bits per heavy atom. The highest BCUT2D eigenvalue weighted by Crippen LogP contribution is 2.49. The van der Waals surface area contributed by atoms with E-state index in [0.29, 0.717) is 6.42 Å². The van der Waals surface area contributed by atoms with Crippen molar-refractivity contribution in [3.05, 3.63) is 12.2 Å². The molecule has 2 saturated carbocycles. The lowest BCUT2D eigenvalue weighted by Crippen LogP contribution is -2.08. The zero-order chi connectivity index (χ0) is 11.4. The van der Waals surface area contributed by atoms with Crippen LogP contribution in [0.2, 0.25) is 0 Å². The fourth-order valence-electron chi connectivity index (χ4n) is 3.43. The van der Waals surface area contributed by atoms with Crippen LogP contribution < -0.4 is 0 Å². The predicted octanol–water partition coefficient (Wildman–Crippen LogP) is 3.62. The maximum absolute atomic E-state index is 10.3. The molecule has 0 aromatic carbocycles. The van der Waals surface area contributed by atoms with Gasteiger partial charge in [0.2, 0.25) is 0 Å². The van der Waals surface area contributed by atoms with Gasteiger partial charge in [0.05, 0.1) is 0 Å². The monoisotopic (exact) mass is 222 g/mol. The SMILES string of the molecule is O=C(O)CCC/C=C\C[C@@H]1C[C@H]2CC[C@@H]1C2. The molecule has 0 spiro atoms. The number of carboxylic acid groups (broad SMARTS) is 1. The number of hydrogen-bond acceptors (Lipinski definition) is 1. The largest absolute Gasteiger partial charge is 0.481 e. The van der Waals surface area contributed by atoms with E-state index in [9.17, 15) is 4.79 Å². The number of carbonyl (C=O) groups is 1. The molecular weight excluding hydrogens is 200 g/mol. The summed E-state index contributed by atoms with van der Waals surface area (Å²) in [7, 11) is 0. The molecule has 0 unspecified atom stereocenters. The number of allylic oxidation sites excluding steroid dienone is 2. The van der Waals surface area contributed by atoms with E-state index in [2.05, 4.69) is 12.2 Å². The molecule has 3 atom stereocenters. The molecular formula is C14H22O2. The minimum absolute atomic E-state index is 0.304. The molecule has 0 aliphatic heterocycles. The van der Waals surface area contributed by atoms with Crippen LogP contribution in [0.25, 0.3) is 0 Å². The number of hydrogen-bond donors (Lipinski definition) is 1. The van der Waals surface area contributed by atoms with Crippen molar-refractivity contribution in [1.29, 1.82) is 0 Å². The van der Waals surface area contributed by atoms with E-state index in [4.69, 9.17) is 5.11 Å². The molecule has 2 rings (SSSR count). The number of fused-ring (bicyclic) bond motifs is 2. The molecule has 0 radical (unpaired) electrons. The number of rotatable bonds is 6. The molecule has 0 amide bonds. The molecule has 16 heavy (non-hydrogen) atoms. The zero-order valence-electron chi connectivity index (χ0n) is 9.90. The van der Waals surface area contributed by atoms with Gasteiger partial charge in [-0.1, -0.05) is 18.6 Å². The minimum atomic E-state index is -0.679. The zero-order valence-corrected chi connectivity index (χ0v) is 9.90. The van der Waals surface area contributed by atoms with Crippen LogP contribution in [0.15, 0.2) is 12.2 Å². The van der Waals surface area contributed by atoms with Gasteiger partial charge in [-0.25, -0.2) is 0 Å².